The van der Waals surface area contributed by atoms with Crippen LogP contribution in [-0.2, 0) is 13.0 Å². The van der Waals surface area contributed by atoms with E-state index in [1.165, 1.54) is 24.5 Å². The molecule has 0 spiro atoms. The highest BCUT2D eigenvalue weighted by Crippen LogP contribution is 2.25. The molecule has 0 radical (unpaired) electrons. The minimum absolute atomic E-state index is 0.0434. The van der Waals surface area contributed by atoms with Gasteiger partial charge in [0.2, 0.25) is 5.96 Å². The van der Waals surface area contributed by atoms with Crippen molar-refractivity contribution < 1.29 is 22.0 Å². The number of aliphatic imine (C=N–C) groups is 1. The van der Waals surface area contributed by atoms with Gasteiger partial charge in [-0.2, -0.15) is 18.3 Å². The Hall–Kier alpha value is -2.95. The number of aromatic nitrogens is 2. The molecule has 0 bridgehead atoms. The molecule has 4 N–H and O–H groups in total. The molecule has 1 unspecified atom stereocenters. The van der Waals surface area contributed by atoms with Crippen LogP contribution in [-0.4, -0.2) is 27.6 Å². The maximum atomic E-state index is 13.5. The maximum Gasteiger partial charge on any atom is 0.390 e. The fraction of sp³-hybridized carbons (Fsp3) is 0.333. The van der Waals surface area contributed by atoms with E-state index >= 15 is 0 Å². The first-order valence-corrected chi connectivity index (χ1v) is 8.66. The van der Waals surface area contributed by atoms with Gasteiger partial charge in [-0.05, 0) is 30.2 Å². The molecule has 2 aromatic rings. The number of rotatable bonds is 5. The zero-order valence-electron chi connectivity index (χ0n) is 15.4. The number of benzene rings is 1. The lowest BCUT2D eigenvalue weighted by Gasteiger charge is -2.31. The lowest BCUT2D eigenvalue weighted by atomic mass is 9.93. The van der Waals surface area contributed by atoms with E-state index in [1.54, 1.807) is 13.1 Å². The molecule has 6 nitrogen and oxygen atoms in total. The van der Waals surface area contributed by atoms with E-state index in [9.17, 15) is 22.0 Å². The second-order valence-electron chi connectivity index (χ2n) is 6.79. The summed E-state index contributed by atoms with van der Waals surface area (Å²) in [5.41, 5.74) is 6.47. The van der Waals surface area contributed by atoms with Crippen LogP contribution in [0.15, 0.2) is 47.4 Å². The Kier molecular flexibility index (Phi) is 5.60. The van der Waals surface area contributed by atoms with E-state index < -0.39 is 29.9 Å². The maximum absolute atomic E-state index is 13.5. The topological polar surface area (TPSA) is 80.3 Å². The second kappa shape index (κ2) is 7.82. The molecule has 0 amide bonds. The summed E-state index contributed by atoms with van der Waals surface area (Å²) in [7, 11) is 0. The Morgan fingerprint density at radius 2 is 1.90 bits per heavy atom. The molecule has 3 rings (SSSR count). The number of guanidine groups is 1. The normalized spacial score (nSPS) is 19.4. The zero-order valence-corrected chi connectivity index (χ0v) is 15.4. The van der Waals surface area contributed by atoms with Crippen LogP contribution in [0.1, 0.15) is 18.9 Å². The van der Waals surface area contributed by atoms with Crippen LogP contribution in [0.2, 0.25) is 0 Å². The molecule has 0 aliphatic carbocycles. The van der Waals surface area contributed by atoms with E-state index in [1.807, 2.05) is 0 Å². The van der Waals surface area contributed by atoms with Gasteiger partial charge in [0.25, 0.3) is 0 Å². The smallest absolute Gasteiger partial charge is 0.333 e. The third kappa shape index (κ3) is 5.53. The molecule has 0 saturated carbocycles. The summed E-state index contributed by atoms with van der Waals surface area (Å²) >= 11 is 0. The quantitative estimate of drug-likeness (QED) is 0.656. The van der Waals surface area contributed by atoms with Crippen molar-refractivity contribution in [1.29, 1.82) is 0 Å². The molecule has 1 aliphatic heterocycles. The van der Waals surface area contributed by atoms with Crippen molar-refractivity contribution in [3.63, 3.8) is 0 Å². The first kappa shape index (κ1) is 20.8. The van der Waals surface area contributed by atoms with Crippen molar-refractivity contribution in [2.24, 2.45) is 10.7 Å². The van der Waals surface area contributed by atoms with E-state index in [0.29, 0.717) is 16.8 Å². The molecule has 0 saturated heterocycles. The summed E-state index contributed by atoms with van der Waals surface area (Å²) in [6.07, 6.45) is -0.869. The number of alkyl halides is 3. The Balaban J connectivity index is 1.73. The molecule has 156 valence electrons. The standard InChI is InChI=1S/C18H19F5N6/c1-11-8-25-16(27-15-9-26-29(10-15)3-2-18(21,22)23)28-17(11,24)7-12-4-13(19)6-14(20)5-12/h4-6,8-10H,2-3,7,24H2,1H3,(H2,25,27,28). The third-order valence-electron chi connectivity index (χ3n) is 4.34. The van der Waals surface area contributed by atoms with Gasteiger partial charge in [-0.1, -0.05) is 0 Å². The van der Waals surface area contributed by atoms with Gasteiger partial charge in [-0.15, -0.1) is 0 Å². The Morgan fingerprint density at radius 1 is 1.21 bits per heavy atom. The highest BCUT2D eigenvalue weighted by atomic mass is 19.4. The van der Waals surface area contributed by atoms with Crippen LogP contribution in [0, 0.1) is 11.6 Å². The number of nitrogens with one attached hydrogen (secondary N) is 2. The fourth-order valence-electron chi connectivity index (χ4n) is 2.82. The van der Waals surface area contributed by atoms with Gasteiger partial charge in [0.05, 0.1) is 18.3 Å². The predicted molar refractivity (Wildman–Crippen MR) is 97.8 cm³/mol. The summed E-state index contributed by atoms with van der Waals surface area (Å²) in [4.78, 5) is 4.38. The van der Waals surface area contributed by atoms with E-state index in [4.69, 9.17) is 5.73 Å². The first-order valence-electron chi connectivity index (χ1n) is 8.66. The number of halogens is 5. The minimum Gasteiger partial charge on any atom is -0.333 e. The van der Waals surface area contributed by atoms with Crippen molar-refractivity contribution in [1.82, 2.24) is 15.1 Å². The summed E-state index contributed by atoms with van der Waals surface area (Å²) in [5, 5.41) is 9.63. The SMILES string of the molecule is CC1=CNC(Nc2cnn(CCC(F)(F)F)c2)=NC1(N)Cc1cc(F)cc(F)c1. The van der Waals surface area contributed by atoms with Crippen LogP contribution in [0.5, 0.6) is 0 Å². The predicted octanol–water partition coefficient (Wildman–Crippen LogP) is 3.29. The molecule has 0 fully saturated rings. The van der Waals surface area contributed by atoms with Crippen LogP contribution >= 0.6 is 0 Å². The highest BCUT2D eigenvalue weighted by Gasteiger charge is 2.31. The number of hydrogen-bond acceptors (Lipinski definition) is 5. The van der Waals surface area contributed by atoms with Crippen LogP contribution in [0.25, 0.3) is 0 Å². The number of anilines is 1. The fourth-order valence-corrected chi connectivity index (χ4v) is 2.82. The number of nitrogens with zero attached hydrogens (tertiary/aromatic N) is 3. The molecule has 1 aliphatic rings. The van der Waals surface area contributed by atoms with Crippen LogP contribution in [0.4, 0.5) is 27.6 Å². The molecular weight excluding hydrogens is 395 g/mol. The minimum atomic E-state index is -4.27. The lowest BCUT2D eigenvalue weighted by molar-refractivity contribution is -0.137. The highest BCUT2D eigenvalue weighted by molar-refractivity contribution is 5.95. The average molecular weight is 414 g/mol. The molecule has 29 heavy (non-hydrogen) atoms. The van der Waals surface area contributed by atoms with Gasteiger partial charge in [0.15, 0.2) is 0 Å². The van der Waals surface area contributed by atoms with Crippen LogP contribution in [0.3, 0.4) is 0 Å². The lowest BCUT2D eigenvalue weighted by Crippen LogP contribution is -2.48. The first-order chi connectivity index (χ1) is 13.5. The Labute approximate surface area is 163 Å². The summed E-state index contributed by atoms with van der Waals surface area (Å²) in [6.45, 7) is 1.41. The van der Waals surface area contributed by atoms with E-state index in [-0.39, 0.29) is 18.9 Å². The van der Waals surface area contributed by atoms with Crippen molar-refractivity contribution in [2.45, 2.75) is 38.1 Å². The summed E-state index contributed by atoms with van der Waals surface area (Å²) in [6, 6.07) is 3.13. The van der Waals surface area contributed by atoms with Gasteiger partial charge in [-0.3, -0.25) is 4.68 Å². The molecule has 2 heterocycles. The van der Waals surface area contributed by atoms with Crippen molar-refractivity contribution >= 4 is 11.6 Å². The monoisotopic (exact) mass is 414 g/mol. The molecule has 1 atom stereocenters. The van der Waals surface area contributed by atoms with Gasteiger partial charge < -0.3 is 16.4 Å². The Bertz CT molecular complexity index is 928. The van der Waals surface area contributed by atoms with Gasteiger partial charge >= 0.3 is 6.18 Å². The summed E-state index contributed by atoms with van der Waals surface area (Å²) < 4.78 is 65.1. The van der Waals surface area contributed by atoms with E-state index in [0.717, 1.165) is 10.7 Å². The zero-order chi connectivity index (χ0) is 21.2. The molecule has 1 aromatic carbocycles. The third-order valence-corrected chi connectivity index (χ3v) is 4.34. The van der Waals surface area contributed by atoms with Crippen LogP contribution < -0.4 is 16.4 Å². The number of nitrogens with two attached hydrogens (primary N) is 1. The molecule has 1 aromatic heterocycles. The molecular formula is C18H19F5N6. The average Bonchev–Trinajstić information content (AvgIpc) is 3.02. The Morgan fingerprint density at radius 3 is 2.55 bits per heavy atom. The molecule has 11 heteroatoms. The number of aryl methyl sites for hydroxylation is 1. The second-order valence-corrected chi connectivity index (χ2v) is 6.79. The van der Waals surface area contributed by atoms with Crippen molar-refractivity contribution in [3.8, 4) is 0 Å². The van der Waals surface area contributed by atoms with Gasteiger partial charge in [-0.25, -0.2) is 13.8 Å². The van der Waals surface area contributed by atoms with Crippen molar-refractivity contribution in [2.75, 3.05) is 5.32 Å². The summed E-state index contributed by atoms with van der Waals surface area (Å²) in [5.74, 6) is -1.20. The van der Waals surface area contributed by atoms with Gasteiger partial charge in [0.1, 0.15) is 17.3 Å². The van der Waals surface area contributed by atoms with E-state index in [2.05, 4.69) is 20.7 Å². The van der Waals surface area contributed by atoms with Crippen molar-refractivity contribution in [3.05, 3.63) is 59.6 Å². The largest absolute Gasteiger partial charge is 0.390 e. The number of hydrogen-bond donors (Lipinski definition) is 3. The van der Waals surface area contributed by atoms with Gasteiger partial charge in [0, 0.05) is 31.4 Å².